The highest BCUT2D eigenvalue weighted by Crippen LogP contribution is 2.22. The molecule has 13 heavy (non-hydrogen) atoms. The molecule has 72 valence electrons. The molecule has 0 aliphatic rings. The summed E-state index contributed by atoms with van der Waals surface area (Å²) in [5.74, 6) is 0.780. The molecule has 1 aromatic rings. The standard InChI is InChI=1S/C9H14ClN3/c1-7(6-11)13(2)9-8(10)4-3-5-12-9/h3-5,7H,6,11H2,1-2H3. The summed E-state index contributed by atoms with van der Waals surface area (Å²) < 4.78 is 0. The SMILES string of the molecule is CC(CN)N(C)c1ncccc1Cl. The van der Waals surface area contributed by atoms with E-state index in [1.807, 2.05) is 31.0 Å². The smallest absolute Gasteiger partial charge is 0.147 e. The number of nitrogens with zero attached hydrogens (tertiary/aromatic N) is 2. The zero-order chi connectivity index (χ0) is 9.84. The van der Waals surface area contributed by atoms with Gasteiger partial charge in [0.25, 0.3) is 0 Å². The lowest BCUT2D eigenvalue weighted by molar-refractivity contribution is 0.687. The summed E-state index contributed by atoms with van der Waals surface area (Å²) in [6.45, 7) is 2.62. The molecule has 1 unspecified atom stereocenters. The quantitative estimate of drug-likeness (QED) is 0.803. The molecule has 0 aromatic carbocycles. The van der Waals surface area contributed by atoms with Gasteiger partial charge in [-0.05, 0) is 19.1 Å². The van der Waals surface area contributed by atoms with Crippen molar-refractivity contribution in [3.8, 4) is 0 Å². The fraction of sp³-hybridized carbons (Fsp3) is 0.444. The number of pyridine rings is 1. The summed E-state index contributed by atoms with van der Waals surface area (Å²) in [5.41, 5.74) is 5.55. The highest BCUT2D eigenvalue weighted by atomic mass is 35.5. The lowest BCUT2D eigenvalue weighted by atomic mass is 10.3. The third-order valence-electron chi connectivity index (χ3n) is 2.08. The molecule has 0 spiro atoms. The van der Waals surface area contributed by atoms with Crippen molar-refractivity contribution in [1.29, 1.82) is 0 Å². The Morgan fingerprint density at radius 2 is 2.38 bits per heavy atom. The Bertz CT molecular complexity index is 277. The minimum Gasteiger partial charge on any atom is -0.354 e. The molecule has 1 aromatic heterocycles. The Labute approximate surface area is 83.5 Å². The van der Waals surface area contributed by atoms with E-state index in [-0.39, 0.29) is 6.04 Å². The van der Waals surface area contributed by atoms with Gasteiger partial charge in [0, 0.05) is 25.8 Å². The van der Waals surface area contributed by atoms with Gasteiger partial charge in [0.1, 0.15) is 5.82 Å². The second-order valence-corrected chi connectivity index (χ2v) is 3.41. The average Bonchev–Trinajstić information content (AvgIpc) is 2.16. The van der Waals surface area contributed by atoms with Crippen LogP contribution in [0.1, 0.15) is 6.92 Å². The maximum atomic E-state index is 5.98. The average molecular weight is 200 g/mol. The molecule has 0 saturated heterocycles. The van der Waals surface area contributed by atoms with Gasteiger partial charge < -0.3 is 10.6 Å². The van der Waals surface area contributed by atoms with Crippen LogP contribution in [0.4, 0.5) is 5.82 Å². The number of anilines is 1. The highest BCUT2D eigenvalue weighted by molar-refractivity contribution is 6.32. The Kier molecular flexibility index (Phi) is 3.51. The molecular weight excluding hydrogens is 186 g/mol. The summed E-state index contributed by atoms with van der Waals surface area (Å²) >= 11 is 5.98. The first-order chi connectivity index (χ1) is 6.16. The number of likely N-dealkylation sites (N-methyl/N-ethyl adjacent to an activating group) is 1. The predicted molar refractivity (Wildman–Crippen MR) is 56.2 cm³/mol. The molecule has 0 bridgehead atoms. The van der Waals surface area contributed by atoms with Gasteiger partial charge in [-0.15, -0.1) is 0 Å². The third-order valence-corrected chi connectivity index (χ3v) is 2.37. The Morgan fingerprint density at radius 1 is 1.69 bits per heavy atom. The largest absolute Gasteiger partial charge is 0.354 e. The van der Waals surface area contributed by atoms with Crippen molar-refractivity contribution in [2.75, 3.05) is 18.5 Å². The number of nitrogens with two attached hydrogens (primary N) is 1. The van der Waals surface area contributed by atoms with Gasteiger partial charge in [-0.3, -0.25) is 0 Å². The van der Waals surface area contributed by atoms with Gasteiger partial charge in [-0.1, -0.05) is 11.6 Å². The minimum absolute atomic E-state index is 0.243. The van der Waals surface area contributed by atoms with Gasteiger partial charge in [0.2, 0.25) is 0 Å². The summed E-state index contributed by atoms with van der Waals surface area (Å²) in [7, 11) is 1.94. The first-order valence-electron chi connectivity index (χ1n) is 4.20. The van der Waals surface area contributed by atoms with Crippen LogP contribution < -0.4 is 10.6 Å². The van der Waals surface area contributed by atoms with Crippen LogP contribution in [-0.2, 0) is 0 Å². The lowest BCUT2D eigenvalue weighted by Gasteiger charge is -2.25. The van der Waals surface area contributed by atoms with Crippen LogP contribution in [0.25, 0.3) is 0 Å². The van der Waals surface area contributed by atoms with Crippen molar-refractivity contribution in [3.63, 3.8) is 0 Å². The molecule has 0 amide bonds. The molecular formula is C9H14ClN3. The normalized spacial score (nSPS) is 12.6. The molecule has 0 radical (unpaired) electrons. The number of hydrogen-bond acceptors (Lipinski definition) is 3. The van der Waals surface area contributed by atoms with Crippen LogP contribution in [0.2, 0.25) is 5.02 Å². The molecule has 1 heterocycles. The first kappa shape index (κ1) is 10.3. The molecule has 3 nitrogen and oxygen atoms in total. The molecule has 1 rings (SSSR count). The molecule has 1 atom stereocenters. The Morgan fingerprint density at radius 3 is 2.92 bits per heavy atom. The van der Waals surface area contributed by atoms with E-state index in [0.717, 1.165) is 5.82 Å². The summed E-state index contributed by atoms with van der Waals surface area (Å²) in [5, 5.41) is 0.658. The van der Waals surface area contributed by atoms with Gasteiger partial charge >= 0.3 is 0 Å². The maximum Gasteiger partial charge on any atom is 0.147 e. The molecule has 0 saturated carbocycles. The predicted octanol–water partition coefficient (Wildman–Crippen LogP) is 1.52. The van der Waals surface area contributed by atoms with Crippen LogP contribution in [0, 0.1) is 0 Å². The Balaban J connectivity index is 2.88. The molecule has 0 aliphatic heterocycles. The molecule has 4 heteroatoms. The van der Waals surface area contributed by atoms with Crippen molar-refractivity contribution in [2.45, 2.75) is 13.0 Å². The van der Waals surface area contributed by atoms with Gasteiger partial charge in [0.15, 0.2) is 0 Å². The Hall–Kier alpha value is -0.800. The molecule has 0 aliphatic carbocycles. The van der Waals surface area contributed by atoms with Crippen molar-refractivity contribution < 1.29 is 0 Å². The summed E-state index contributed by atoms with van der Waals surface area (Å²) in [4.78, 5) is 6.16. The number of aromatic nitrogens is 1. The van der Waals surface area contributed by atoms with E-state index >= 15 is 0 Å². The van der Waals surface area contributed by atoms with Crippen LogP contribution in [0.5, 0.6) is 0 Å². The van der Waals surface area contributed by atoms with Crippen LogP contribution in [0.15, 0.2) is 18.3 Å². The second-order valence-electron chi connectivity index (χ2n) is 3.00. The van der Waals surface area contributed by atoms with E-state index in [4.69, 9.17) is 17.3 Å². The fourth-order valence-electron chi connectivity index (χ4n) is 1.00. The number of halogens is 1. The zero-order valence-corrected chi connectivity index (χ0v) is 8.62. The van der Waals surface area contributed by atoms with E-state index in [1.54, 1.807) is 6.20 Å². The van der Waals surface area contributed by atoms with E-state index in [0.29, 0.717) is 11.6 Å². The summed E-state index contributed by atoms with van der Waals surface area (Å²) in [6.07, 6.45) is 1.72. The maximum absolute atomic E-state index is 5.98. The van der Waals surface area contributed by atoms with Crippen molar-refractivity contribution in [2.24, 2.45) is 5.73 Å². The fourth-order valence-corrected chi connectivity index (χ4v) is 1.26. The first-order valence-corrected chi connectivity index (χ1v) is 4.58. The van der Waals surface area contributed by atoms with Crippen LogP contribution >= 0.6 is 11.6 Å². The summed E-state index contributed by atoms with van der Waals surface area (Å²) in [6, 6.07) is 3.88. The van der Waals surface area contributed by atoms with Crippen molar-refractivity contribution in [3.05, 3.63) is 23.4 Å². The van der Waals surface area contributed by atoms with Crippen molar-refractivity contribution in [1.82, 2.24) is 4.98 Å². The van der Waals surface area contributed by atoms with E-state index < -0.39 is 0 Å². The molecule has 0 fully saturated rings. The number of hydrogen-bond donors (Lipinski definition) is 1. The van der Waals surface area contributed by atoms with Crippen LogP contribution in [0.3, 0.4) is 0 Å². The third kappa shape index (κ3) is 2.32. The van der Waals surface area contributed by atoms with E-state index in [1.165, 1.54) is 0 Å². The van der Waals surface area contributed by atoms with Gasteiger partial charge in [-0.25, -0.2) is 4.98 Å². The van der Waals surface area contributed by atoms with Gasteiger partial charge in [-0.2, -0.15) is 0 Å². The van der Waals surface area contributed by atoms with E-state index in [9.17, 15) is 0 Å². The van der Waals surface area contributed by atoms with Crippen LogP contribution in [-0.4, -0.2) is 24.6 Å². The second kappa shape index (κ2) is 4.44. The minimum atomic E-state index is 0.243. The van der Waals surface area contributed by atoms with E-state index in [2.05, 4.69) is 4.98 Å². The van der Waals surface area contributed by atoms with Crippen molar-refractivity contribution >= 4 is 17.4 Å². The zero-order valence-electron chi connectivity index (χ0n) is 7.87. The number of rotatable bonds is 3. The molecule has 2 N–H and O–H groups in total. The lowest BCUT2D eigenvalue weighted by Crippen LogP contribution is -2.35. The monoisotopic (exact) mass is 199 g/mol. The topological polar surface area (TPSA) is 42.1 Å². The van der Waals surface area contributed by atoms with Gasteiger partial charge in [0.05, 0.1) is 5.02 Å². The highest BCUT2D eigenvalue weighted by Gasteiger charge is 2.11.